The normalized spacial score (nSPS) is 13.4. The summed E-state index contributed by atoms with van der Waals surface area (Å²) in [4.78, 5) is 30.8. The van der Waals surface area contributed by atoms with Crippen molar-refractivity contribution in [3.8, 4) is 0 Å². The maximum atomic E-state index is 12.7. The van der Waals surface area contributed by atoms with Gasteiger partial charge in [0.15, 0.2) is 0 Å². The number of anilines is 1. The van der Waals surface area contributed by atoms with Crippen LogP contribution in [0.3, 0.4) is 0 Å². The summed E-state index contributed by atoms with van der Waals surface area (Å²) in [5.74, 6) is -0.000491. The summed E-state index contributed by atoms with van der Waals surface area (Å²) in [5, 5.41) is 3.48. The molecule has 0 aromatic heterocycles. The van der Waals surface area contributed by atoms with Crippen LogP contribution in [0, 0.1) is 0 Å². The van der Waals surface area contributed by atoms with Crippen LogP contribution in [0.15, 0.2) is 47.5 Å². The number of aliphatic imine (C=N–C) groups is 1. The van der Waals surface area contributed by atoms with Crippen LogP contribution < -0.4 is 10.2 Å². The summed E-state index contributed by atoms with van der Waals surface area (Å²) in [6.45, 7) is 0.674. The molecule has 0 fully saturated rings. The van der Waals surface area contributed by atoms with E-state index in [1.807, 2.05) is 18.2 Å². The van der Waals surface area contributed by atoms with E-state index in [1.165, 1.54) is 4.90 Å². The minimum absolute atomic E-state index is 0.192. The molecular formula is C20H18Cl3N3O2. The van der Waals surface area contributed by atoms with Crippen LogP contribution >= 0.6 is 34.8 Å². The summed E-state index contributed by atoms with van der Waals surface area (Å²) in [7, 11) is 0. The fourth-order valence-electron chi connectivity index (χ4n) is 2.97. The third-order valence-corrected chi connectivity index (χ3v) is 5.09. The van der Waals surface area contributed by atoms with E-state index in [0.29, 0.717) is 52.4 Å². The van der Waals surface area contributed by atoms with Crippen molar-refractivity contribution in [1.29, 1.82) is 0 Å². The number of amides is 3. The van der Waals surface area contributed by atoms with Crippen LogP contribution in [0.25, 0.3) is 0 Å². The van der Waals surface area contributed by atoms with E-state index in [2.05, 4.69) is 10.3 Å². The predicted octanol–water partition coefficient (Wildman–Crippen LogP) is 4.91. The number of rotatable bonds is 4. The molecule has 0 spiro atoms. The van der Waals surface area contributed by atoms with Crippen molar-refractivity contribution in [2.75, 3.05) is 23.9 Å². The fraction of sp³-hybridized carbons (Fsp3) is 0.250. The number of hydrogen-bond acceptors (Lipinski definition) is 3. The summed E-state index contributed by atoms with van der Waals surface area (Å²) < 4.78 is 0. The molecule has 3 amide bonds. The first kappa shape index (κ1) is 20.6. The Hall–Kier alpha value is -2.08. The second kappa shape index (κ2) is 9.41. The summed E-state index contributed by atoms with van der Waals surface area (Å²) in [5.41, 5.74) is 2.71. The SMILES string of the molecule is O=C(CCCCl)NC(=O)N1CCN=C(c2ccccc2Cl)c2cc(Cl)ccc21. The monoisotopic (exact) mass is 437 g/mol. The molecule has 1 heterocycles. The van der Waals surface area contributed by atoms with Crippen LogP contribution in [0.4, 0.5) is 10.5 Å². The number of fused-ring (bicyclic) bond motifs is 1. The number of carbonyl (C=O) groups is 2. The van der Waals surface area contributed by atoms with Gasteiger partial charge in [0.1, 0.15) is 0 Å². The van der Waals surface area contributed by atoms with Crippen LogP contribution in [-0.4, -0.2) is 36.6 Å². The highest BCUT2D eigenvalue weighted by molar-refractivity contribution is 6.36. The molecule has 0 saturated carbocycles. The van der Waals surface area contributed by atoms with Gasteiger partial charge in [-0.15, -0.1) is 11.6 Å². The van der Waals surface area contributed by atoms with Crippen LogP contribution in [-0.2, 0) is 4.79 Å². The van der Waals surface area contributed by atoms with Crippen molar-refractivity contribution in [2.45, 2.75) is 12.8 Å². The zero-order valence-corrected chi connectivity index (χ0v) is 17.2. The maximum Gasteiger partial charge on any atom is 0.328 e. The molecule has 5 nitrogen and oxygen atoms in total. The Morgan fingerprint density at radius 1 is 1.11 bits per heavy atom. The Bertz CT molecular complexity index is 931. The second-order valence-electron chi connectivity index (χ2n) is 6.17. The highest BCUT2D eigenvalue weighted by Gasteiger charge is 2.26. The zero-order valence-electron chi connectivity index (χ0n) is 14.9. The van der Waals surface area contributed by atoms with Crippen molar-refractivity contribution >= 4 is 58.1 Å². The number of nitrogens with one attached hydrogen (secondary N) is 1. The molecule has 0 atom stereocenters. The van der Waals surface area contributed by atoms with E-state index in [-0.39, 0.29) is 12.3 Å². The van der Waals surface area contributed by atoms with Gasteiger partial charge >= 0.3 is 6.03 Å². The average Bonchev–Trinajstić information content (AvgIpc) is 2.86. The third-order valence-electron chi connectivity index (χ3n) is 4.26. The van der Waals surface area contributed by atoms with E-state index in [4.69, 9.17) is 34.8 Å². The lowest BCUT2D eigenvalue weighted by molar-refractivity contribution is -0.119. The van der Waals surface area contributed by atoms with Crippen molar-refractivity contribution < 1.29 is 9.59 Å². The molecule has 1 N–H and O–H groups in total. The standard InChI is InChI=1S/C20H18Cl3N3O2/c21-9-3-6-18(27)25-20(28)26-11-10-24-19(14-4-1-2-5-16(14)23)15-12-13(22)7-8-17(15)26/h1-2,4-5,7-8,12H,3,6,9-11H2,(H,25,27,28). The molecule has 8 heteroatoms. The molecule has 0 aliphatic carbocycles. The number of nitrogens with zero attached hydrogens (tertiary/aromatic N) is 2. The Morgan fingerprint density at radius 2 is 1.89 bits per heavy atom. The molecular weight excluding hydrogens is 421 g/mol. The van der Waals surface area contributed by atoms with Gasteiger partial charge in [0, 0.05) is 40.0 Å². The number of urea groups is 1. The van der Waals surface area contributed by atoms with Crippen LogP contribution in [0.2, 0.25) is 10.0 Å². The number of carbonyl (C=O) groups excluding carboxylic acids is 2. The van der Waals surface area contributed by atoms with E-state index in [1.54, 1.807) is 24.3 Å². The van der Waals surface area contributed by atoms with Crippen molar-refractivity contribution in [3.63, 3.8) is 0 Å². The number of halogens is 3. The number of alkyl halides is 1. The Morgan fingerprint density at radius 3 is 2.64 bits per heavy atom. The molecule has 2 aromatic carbocycles. The Labute approximate surface area is 178 Å². The smallest absolute Gasteiger partial charge is 0.292 e. The molecule has 0 radical (unpaired) electrons. The molecule has 0 unspecified atom stereocenters. The lowest BCUT2D eigenvalue weighted by Crippen LogP contribution is -2.44. The molecule has 2 aromatic rings. The average molecular weight is 439 g/mol. The van der Waals surface area contributed by atoms with Gasteiger partial charge in [-0.2, -0.15) is 0 Å². The minimum atomic E-state index is -0.501. The molecule has 3 rings (SSSR count). The van der Waals surface area contributed by atoms with Crippen molar-refractivity contribution in [2.24, 2.45) is 4.99 Å². The predicted molar refractivity (Wildman–Crippen MR) is 114 cm³/mol. The van der Waals surface area contributed by atoms with Gasteiger partial charge in [-0.25, -0.2) is 4.79 Å². The van der Waals surface area contributed by atoms with Gasteiger partial charge in [-0.05, 0) is 30.7 Å². The lowest BCUT2D eigenvalue weighted by atomic mass is 10.00. The summed E-state index contributed by atoms with van der Waals surface area (Å²) in [6, 6.07) is 12.1. The number of hydrogen-bond donors (Lipinski definition) is 1. The van der Waals surface area contributed by atoms with Gasteiger partial charge in [0.05, 0.1) is 17.9 Å². The molecule has 1 aliphatic rings. The molecule has 0 bridgehead atoms. The first-order chi connectivity index (χ1) is 13.5. The van der Waals surface area contributed by atoms with Crippen LogP contribution in [0.5, 0.6) is 0 Å². The van der Waals surface area contributed by atoms with Gasteiger partial charge in [0.2, 0.25) is 5.91 Å². The topological polar surface area (TPSA) is 61.8 Å². The third kappa shape index (κ3) is 4.66. The van der Waals surface area contributed by atoms with E-state index in [9.17, 15) is 9.59 Å². The Balaban J connectivity index is 1.96. The molecule has 1 aliphatic heterocycles. The largest absolute Gasteiger partial charge is 0.328 e. The fourth-order valence-corrected chi connectivity index (χ4v) is 3.50. The highest BCUT2D eigenvalue weighted by atomic mass is 35.5. The maximum absolute atomic E-state index is 12.7. The van der Waals surface area contributed by atoms with E-state index >= 15 is 0 Å². The Kier molecular flexibility index (Phi) is 6.94. The van der Waals surface area contributed by atoms with Gasteiger partial charge in [0.25, 0.3) is 0 Å². The first-order valence-corrected chi connectivity index (χ1v) is 10.1. The molecule has 146 valence electrons. The number of benzodiazepines with no additional fused rings is 1. The quantitative estimate of drug-likeness (QED) is 0.690. The second-order valence-corrected chi connectivity index (χ2v) is 7.39. The van der Waals surface area contributed by atoms with Crippen molar-refractivity contribution in [3.05, 3.63) is 63.6 Å². The number of imide groups is 1. The van der Waals surface area contributed by atoms with Crippen molar-refractivity contribution in [1.82, 2.24) is 5.32 Å². The van der Waals surface area contributed by atoms with E-state index in [0.717, 1.165) is 5.56 Å². The molecule has 28 heavy (non-hydrogen) atoms. The van der Waals surface area contributed by atoms with Gasteiger partial charge in [-0.3, -0.25) is 20.0 Å². The summed E-state index contributed by atoms with van der Waals surface area (Å²) in [6.07, 6.45) is 0.699. The molecule has 0 saturated heterocycles. The minimum Gasteiger partial charge on any atom is -0.292 e. The zero-order chi connectivity index (χ0) is 20.1. The number of benzene rings is 2. The highest BCUT2D eigenvalue weighted by Crippen LogP contribution is 2.31. The van der Waals surface area contributed by atoms with Gasteiger partial charge in [-0.1, -0.05) is 41.4 Å². The van der Waals surface area contributed by atoms with Gasteiger partial charge < -0.3 is 0 Å². The first-order valence-electron chi connectivity index (χ1n) is 8.78. The van der Waals surface area contributed by atoms with E-state index < -0.39 is 6.03 Å². The summed E-state index contributed by atoms with van der Waals surface area (Å²) >= 11 is 18.2. The van der Waals surface area contributed by atoms with Crippen LogP contribution in [0.1, 0.15) is 24.0 Å². The lowest BCUT2D eigenvalue weighted by Gasteiger charge is -2.23.